The van der Waals surface area contributed by atoms with Crippen LogP contribution in [0.3, 0.4) is 0 Å². The first kappa shape index (κ1) is 26.7. The van der Waals surface area contributed by atoms with Crippen molar-refractivity contribution in [1.82, 2.24) is 0 Å². The monoisotopic (exact) mass is 405 g/mol. The second-order valence-electron chi connectivity index (χ2n) is 10.5. The summed E-state index contributed by atoms with van der Waals surface area (Å²) in [6.07, 6.45) is 16.2. The van der Waals surface area contributed by atoms with Crippen molar-refractivity contribution >= 4 is 0 Å². The van der Waals surface area contributed by atoms with Gasteiger partial charge in [0.1, 0.15) is 0 Å². The number of nitrogens with two attached hydrogens (primary N) is 1. The maximum atomic E-state index is 6.23. The Morgan fingerprint density at radius 1 is 0.586 bits per heavy atom. The molecule has 0 radical (unpaired) electrons. The fourth-order valence-corrected chi connectivity index (χ4v) is 7.14. The van der Waals surface area contributed by atoms with E-state index in [1.807, 2.05) is 13.8 Å². The second-order valence-corrected chi connectivity index (χ2v) is 10.5. The van der Waals surface area contributed by atoms with Crippen LogP contribution >= 0.6 is 0 Å². The van der Waals surface area contributed by atoms with Gasteiger partial charge in [-0.25, -0.2) is 0 Å². The Bertz CT molecular complexity index is 417. The summed E-state index contributed by atoms with van der Waals surface area (Å²) >= 11 is 0. The Morgan fingerprint density at radius 3 is 1.72 bits per heavy atom. The van der Waals surface area contributed by atoms with Crippen molar-refractivity contribution in [2.45, 2.75) is 118 Å². The number of hydrogen-bond donors (Lipinski definition) is 1. The lowest BCUT2D eigenvalue weighted by Gasteiger charge is -2.47. The molecule has 0 aromatic heterocycles. The predicted octanol–water partition coefficient (Wildman–Crippen LogP) is 8.48. The van der Waals surface area contributed by atoms with Gasteiger partial charge in [-0.05, 0) is 85.9 Å². The zero-order valence-electron chi connectivity index (χ0n) is 21.0. The summed E-state index contributed by atoms with van der Waals surface area (Å²) in [6.45, 7) is 19.8. The normalized spacial score (nSPS) is 43.5. The lowest BCUT2D eigenvalue weighted by Crippen LogP contribution is -2.45. The van der Waals surface area contributed by atoms with E-state index in [-0.39, 0.29) is 0 Å². The van der Waals surface area contributed by atoms with E-state index in [1.165, 1.54) is 70.6 Å². The maximum absolute atomic E-state index is 6.23. The minimum absolute atomic E-state index is 0.518. The molecule has 4 aliphatic rings. The van der Waals surface area contributed by atoms with E-state index in [4.69, 9.17) is 5.73 Å². The molecule has 9 unspecified atom stereocenters. The Morgan fingerprint density at radius 2 is 1.10 bits per heavy atom. The van der Waals surface area contributed by atoms with Gasteiger partial charge in [0.2, 0.25) is 0 Å². The number of fused-ring (bicyclic) bond motifs is 2. The van der Waals surface area contributed by atoms with E-state index in [9.17, 15) is 0 Å². The van der Waals surface area contributed by atoms with Crippen LogP contribution in [0.1, 0.15) is 112 Å². The van der Waals surface area contributed by atoms with Gasteiger partial charge in [0.25, 0.3) is 0 Å². The first-order valence-electron chi connectivity index (χ1n) is 13.2. The van der Waals surface area contributed by atoms with E-state index >= 15 is 0 Å². The molecular weight excluding hydrogens is 350 g/mol. The molecule has 4 saturated carbocycles. The molecule has 9 atom stereocenters. The highest BCUT2D eigenvalue weighted by Crippen LogP contribution is 2.48. The van der Waals surface area contributed by atoms with Crippen LogP contribution in [0.2, 0.25) is 0 Å². The van der Waals surface area contributed by atoms with Crippen LogP contribution in [-0.2, 0) is 0 Å². The summed E-state index contributed by atoms with van der Waals surface area (Å²) in [4.78, 5) is 0. The van der Waals surface area contributed by atoms with Crippen LogP contribution in [0.25, 0.3) is 0 Å². The third kappa shape index (κ3) is 7.12. The largest absolute Gasteiger partial charge is 0.327 e. The van der Waals surface area contributed by atoms with Crippen LogP contribution in [0, 0.1) is 47.3 Å². The van der Waals surface area contributed by atoms with Gasteiger partial charge < -0.3 is 5.73 Å². The lowest BCUT2D eigenvalue weighted by molar-refractivity contribution is 0.0296. The first-order valence-corrected chi connectivity index (χ1v) is 13.2. The van der Waals surface area contributed by atoms with Crippen molar-refractivity contribution in [1.29, 1.82) is 0 Å². The van der Waals surface area contributed by atoms with Gasteiger partial charge >= 0.3 is 0 Å². The van der Waals surface area contributed by atoms with Crippen LogP contribution in [0.15, 0.2) is 13.2 Å². The molecule has 1 heteroatoms. The topological polar surface area (TPSA) is 26.0 Å². The smallest absolute Gasteiger partial charge is 0.00956 e. The minimum atomic E-state index is 0.518. The SMILES string of the molecule is C=C.CC.CC1CC(C)C2CCCCC2C1C.CC1CCC2CCCCC2C1N. The van der Waals surface area contributed by atoms with E-state index in [0.29, 0.717) is 6.04 Å². The molecule has 0 spiro atoms. The molecule has 29 heavy (non-hydrogen) atoms. The fraction of sp³-hybridized carbons (Fsp3) is 0.929. The average Bonchev–Trinajstić information content (AvgIpc) is 2.78. The zero-order valence-corrected chi connectivity index (χ0v) is 21.0. The van der Waals surface area contributed by atoms with Crippen molar-refractivity contribution < 1.29 is 0 Å². The highest BCUT2D eigenvalue weighted by molar-refractivity contribution is 4.91. The van der Waals surface area contributed by atoms with Gasteiger partial charge in [-0.3, -0.25) is 0 Å². The average molecular weight is 406 g/mol. The van der Waals surface area contributed by atoms with Crippen molar-refractivity contribution in [2.24, 2.45) is 53.1 Å². The molecule has 0 aromatic carbocycles. The van der Waals surface area contributed by atoms with Crippen LogP contribution < -0.4 is 5.73 Å². The molecule has 4 fully saturated rings. The molecule has 0 heterocycles. The minimum Gasteiger partial charge on any atom is -0.327 e. The molecule has 2 N–H and O–H groups in total. The molecule has 4 aliphatic carbocycles. The maximum Gasteiger partial charge on any atom is 0.00956 e. The Balaban J connectivity index is 0.000000248. The van der Waals surface area contributed by atoms with Gasteiger partial charge in [-0.2, -0.15) is 0 Å². The highest BCUT2D eigenvalue weighted by Gasteiger charge is 2.39. The Kier molecular flexibility index (Phi) is 12.8. The quantitative estimate of drug-likeness (QED) is 0.402. The molecule has 0 bridgehead atoms. The molecule has 0 amide bonds. The molecule has 0 saturated heterocycles. The molecule has 172 valence electrons. The number of hydrogen-bond acceptors (Lipinski definition) is 1. The van der Waals surface area contributed by atoms with E-state index in [0.717, 1.165) is 47.3 Å². The van der Waals surface area contributed by atoms with E-state index < -0.39 is 0 Å². The molecule has 1 nitrogen and oxygen atoms in total. The molecular formula is C28H55N. The van der Waals surface area contributed by atoms with E-state index in [2.05, 4.69) is 40.9 Å². The fourth-order valence-electron chi connectivity index (χ4n) is 7.14. The van der Waals surface area contributed by atoms with Crippen molar-refractivity contribution in [3.8, 4) is 0 Å². The van der Waals surface area contributed by atoms with Crippen LogP contribution in [-0.4, -0.2) is 6.04 Å². The van der Waals surface area contributed by atoms with Crippen molar-refractivity contribution in [3.63, 3.8) is 0 Å². The third-order valence-corrected chi connectivity index (χ3v) is 9.03. The summed E-state index contributed by atoms with van der Waals surface area (Å²) in [5, 5.41) is 0. The van der Waals surface area contributed by atoms with Gasteiger partial charge in [0.05, 0.1) is 0 Å². The standard InChI is InChI=1S/C13H24.C11H21N.C2H6.C2H4/c1-9-8-10(2)12-6-4-5-7-13(12)11(9)3;1-8-6-7-9-4-2-3-5-10(9)11(8)12;2*1-2/h9-13H,4-8H2,1-3H3;8-11H,2-7,12H2,1H3;1-2H3;1-2H2. The van der Waals surface area contributed by atoms with Gasteiger partial charge in [-0.15, -0.1) is 13.2 Å². The zero-order chi connectivity index (χ0) is 22.0. The molecule has 0 aliphatic heterocycles. The van der Waals surface area contributed by atoms with Gasteiger partial charge in [0.15, 0.2) is 0 Å². The molecule has 4 rings (SSSR count). The second kappa shape index (κ2) is 13.9. The Labute approximate surface area is 184 Å². The number of rotatable bonds is 0. The third-order valence-electron chi connectivity index (χ3n) is 9.03. The van der Waals surface area contributed by atoms with Crippen molar-refractivity contribution in [2.75, 3.05) is 0 Å². The van der Waals surface area contributed by atoms with Gasteiger partial charge in [-0.1, -0.05) is 73.6 Å². The summed E-state index contributed by atoms with van der Waals surface area (Å²) < 4.78 is 0. The van der Waals surface area contributed by atoms with Gasteiger partial charge in [0, 0.05) is 6.04 Å². The summed E-state index contributed by atoms with van der Waals surface area (Å²) in [5.74, 6) is 7.80. The van der Waals surface area contributed by atoms with Crippen LogP contribution in [0.5, 0.6) is 0 Å². The summed E-state index contributed by atoms with van der Waals surface area (Å²) in [6, 6.07) is 0.518. The lowest BCUT2D eigenvalue weighted by atomic mass is 9.59. The highest BCUT2D eigenvalue weighted by atomic mass is 14.7. The summed E-state index contributed by atoms with van der Waals surface area (Å²) in [5.41, 5.74) is 6.23. The Hall–Kier alpha value is -0.300. The molecule has 0 aromatic rings. The first-order chi connectivity index (χ1) is 14.0. The predicted molar refractivity (Wildman–Crippen MR) is 132 cm³/mol. The van der Waals surface area contributed by atoms with Crippen LogP contribution in [0.4, 0.5) is 0 Å². The summed E-state index contributed by atoms with van der Waals surface area (Å²) in [7, 11) is 0. The van der Waals surface area contributed by atoms with Crippen molar-refractivity contribution in [3.05, 3.63) is 13.2 Å². The van der Waals surface area contributed by atoms with E-state index in [1.54, 1.807) is 0 Å².